The van der Waals surface area contributed by atoms with E-state index in [2.05, 4.69) is 15.8 Å². The summed E-state index contributed by atoms with van der Waals surface area (Å²) in [6, 6.07) is 22.8. The molecule has 2 amide bonds. The molecular formula is C31H26N4O8. The van der Waals surface area contributed by atoms with Crippen molar-refractivity contribution in [2.24, 2.45) is 5.10 Å². The van der Waals surface area contributed by atoms with Gasteiger partial charge in [-0.25, -0.2) is 10.2 Å². The minimum absolute atomic E-state index is 0.130. The fraction of sp³-hybridized carbons (Fsp3) is 0.0968. The van der Waals surface area contributed by atoms with Crippen LogP contribution in [0.4, 0.5) is 11.4 Å². The number of esters is 1. The maximum atomic E-state index is 12.7. The lowest BCUT2D eigenvalue weighted by molar-refractivity contribution is -0.384. The molecule has 0 bridgehead atoms. The highest BCUT2D eigenvalue weighted by Gasteiger charge is 2.15. The fourth-order valence-electron chi connectivity index (χ4n) is 3.77. The van der Waals surface area contributed by atoms with Crippen LogP contribution >= 0.6 is 0 Å². The predicted octanol–water partition coefficient (Wildman–Crippen LogP) is 5.24. The third-order valence-corrected chi connectivity index (χ3v) is 5.88. The largest absolute Gasteiger partial charge is 0.497 e. The number of carbonyl (C=O) groups is 3. The van der Waals surface area contributed by atoms with Crippen LogP contribution in [0.5, 0.6) is 17.2 Å². The lowest BCUT2D eigenvalue weighted by atomic mass is 10.1. The Hall–Kier alpha value is -6.04. The summed E-state index contributed by atoms with van der Waals surface area (Å²) >= 11 is 0. The Morgan fingerprint density at radius 2 is 1.58 bits per heavy atom. The minimum Gasteiger partial charge on any atom is -0.497 e. The van der Waals surface area contributed by atoms with Gasteiger partial charge >= 0.3 is 5.97 Å². The minimum atomic E-state index is -0.716. The Balaban J connectivity index is 1.39. The van der Waals surface area contributed by atoms with Crippen molar-refractivity contribution >= 4 is 35.4 Å². The van der Waals surface area contributed by atoms with Crippen molar-refractivity contribution in [2.45, 2.75) is 6.92 Å². The third kappa shape index (κ3) is 8.01. The molecule has 0 aliphatic carbocycles. The summed E-state index contributed by atoms with van der Waals surface area (Å²) in [4.78, 5) is 48.1. The van der Waals surface area contributed by atoms with Crippen molar-refractivity contribution in [1.82, 2.24) is 5.43 Å². The highest BCUT2D eigenvalue weighted by atomic mass is 16.6. The zero-order chi connectivity index (χ0) is 30.8. The second kappa shape index (κ2) is 14.0. The highest BCUT2D eigenvalue weighted by Crippen LogP contribution is 2.29. The van der Waals surface area contributed by atoms with E-state index in [0.717, 1.165) is 0 Å². The van der Waals surface area contributed by atoms with Gasteiger partial charge in [0.15, 0.2) is 11.5 Å². The van der Waals surface area contributed by atoms with E-state index in [1.54, 1.807) is 61.5 Å². The SMILES string of the molecule is CCOc1cc(C=NNC(=O)c2cccc(NC(=O)c3cccc(OC)c3)c2)ccc1OC(=O)c1ccc([N+](=O)[O-])cc1. The molecule has 0 spiro atoms. The average Bonchev–Trinajstić information content (AvgIpc) is 3.02. The number of non-ortho nitro benzene ring substituents is 1. The molecule has 0 heterocycles. The molecular weight excluding hydrogens is 556 g/mol. The van der Waals surface area contributed by atoms with Crippen molar-refractivity contribution in [3.63, 3.8) is 0 Å². The van der Waals surface area contributed by atoms with Gasteiger partial charge in [0.25, 0.3) is 17.5 Å². The molecule has 12 heteroatoms. The lowest BCUT2D eigenvalue weighted by Crippen LogP contribution is -2.18. The number of ether oxygens (including phenoxy) is 3. The normalized spacial score (nSPS) is 10.6. The topological polar surface area (TPSA) is 158 Å². The summed E-state index contributed by atoms with van der Waals surface area (Å²) in [6.07, 6.45) is 1.39. The first kappa shape index (κ1) is 29.9. The molecule has 0 aliphatic rings. The van der Waals surface area contributed by atoms with E-state index in [0.29, 0.717) is 22.6 Å². The first-order valence-electron chi connectivity index (χ1n) is 12.9. The molecule has 0 unspecified atom stereocenters. The zero-order valence-corrected chi connectivity index (χ0v) is 23.1. The van der Waals surface area contributed by atoms with Crippen LogP contribution < -0.4 is 25.0 Å². The van der Waals surface area contributed by atoms with Gasteiger partial charge in [-0.15, -0.1) is 0 Å². The Labute approximate surface area is 246 Å². The molecule has 0 saturated carbocycles. The quantitative estimate of drug-likeness (QED) is 0.0799. The van der Waals surface area contributed by atoms with Crippen LogP contribution in [0.2, 0.25) is 0 Å². The zero-order valence-electron chi connectivity index (χ0n) is 23.1. The second-order valence-electron chi connectivity index (χ2n) is 8.80. The predicted molar refractivity (Wildman–Crippen MR) is 158 cm³/mol. The molecule has 4 aromatic carbocycles. The van der Waals surface area contributed by atoms with Crippen molar-refractivity contribution in [3.8, 4) is 17.2 Å². The number of benzene rings is 4. The highest BCUT2D eigenvalue weighted by molar-refractivity contribution is 6.05. The fourth-order valence-corrected chi connectivity index (χ4v) is 3.77. The van der Waals surface area contributed by atoms with Gasteiger partial charge < -0.3 is 19.5 Å². The number of hydrazone groups is 1. The number of nitrogens with one attached hydrogen (secondary N) is 2. The number of anilines is 1. The monoisotopic (exact) mass is 582 g/mol. The molecule has 0 fully saturated rings. The molecule has 43 heavy (non-hydrogen) atoms. The van der Waals surface area contributed by atoms with Gasteiger partial charge in [0.2, 0.25) is 0 Å². The van der Waals surface area contributed by atoms with E-state index in [4.69, 9.17) is 14.2 Å². The molecule has 0 aromatic heterocycles. The van der Waals surface area contributed by atoms with Crippen molar-refractivity contribution < 1.29 is 33.5 Å². The van der Waals surface area contributed by atoms with Crippen molar-refractivity contribution in [3.05, 3.63) is 123 Å². The van der Waals surface area contributed by atoms with Crippen LogP contribution in [0.3, 0.4) is 0 Å². The number of hydrogen-bond acceptors (Lipinski definition) is 9. The van der Waals surface area contributed by atoms with E-state index in [-0.39, 0.29) is 40.8 Å². The second-order valence-corrected chi connectivity index (χ2v) is 8.80. The summed E-state index contributed by atoms with van der Waals surface area (Å²) in [5.41, 5.74) is 4.05. The van der Waals surface area contributed by atoms with E-state index in [9.17, 15) is 24.5 Å². The molecule has 0 atom stereocenters. The van der Waals surface area contributed by atoms with Gasteiger partial charge in [0, 0.05) is 28.9 Å². The molecule has 218 valence electrons. The van der Waals surface area contributed by atoms with Crippen LogP contribution in [-0.4, -0.2) is 42.6 Å². The molecule has 0 radical (unpaired) electrons. The van der Waals surface area contributed by atoms with Gasteiger partial charge in [0.05, 0.1) is 30.4 Å². The van der Waals surface area contributed by atoms with E-state index in [1.807, 2.05) is 0 Å². The number of methoxy groups -OCH3 is 1. The van der Waals surface area contributed by atoms with Crippen LogP contribution in [-0.2, 0) is 0 Å². The number of carbonyl (C=O) groups excluding carboxylic acids is 3. The van der Waals surface area contributed by atoms with E-state index < -0.39 is 16.8 Å². The third-order valence-electron chi connectivity index (χ3n) is 5.88. The summed E-state index contributed by atoms with van der Waals surface area (Å²) < 4.78 is 16.2. The molecule has 2 N–H and O–H groups in total. The number of hydrogen-bond donors (Lipinski definition) is 2. The van der Waals surface area contributed by atoms with Gasteiger partial charge in [0.1, 0.15) is 5.75 Å². The number of rotatable bonds is 11. The van der Waals surface area contributed by atoms with Gasteiger partial charge in [-0.2, -0.15) is 5.10 Å². The number of nitro groups is 1. The number of nitro benzene ring substituents is 1. The van der Waals surface area contributed by atoms with Crippen LogP contribution in [0.15, 0.2) is 96.1 Å². The van der Waals surface area contributed by atoms with Crippen molar-refractivity contribution in [1.29, 1.82) is 0 Å². The first-order chi connectivity index (χ1) is 20.8. The molecule has 4 aromatic rings. The molecule has 0 saturated heterocycles. The standard InChI is InChI=1S/C31H26N4O8/c1-3-42-28-16-20(10-15-27(28)43-31(38)21-11-13-25(14-12-21)35(39)40)19-32-34-30(37)22-6-4-8-24(17-22)33-29(36)23-7-5-9-26(18-23)41-2/h4-19H,3H2,1-2H3,(H,33,36)(H,34,37). The van der Waals surface area contributed by atoms with Crippen molar-refractivity contribution in [2.75, 3.05) is 19.0 Å². The molecule has 0 aliphatic heterocycles. The van der Waals surface area contributed by atoms with Crippen LogP contribution in [0.25, 0.3) is 0 Å². The number of nitrogens with zero attached hydrogens (tertiary/aromatic N) is 2. The van der Waals surface area contributed by atoms with Crippen LogP contribution in [0, 0.1) is 10.1 Å². The summed E-state index contributed by atoms with van der Waals surface area (Å²) in [7, 11) is 1.51. The smallest absolute Gasteiger partial charge is 0.343 e. The molecule has 4 rings (SSSR count). The number of amides is 2. The van der Waals surface area contributed by atoms with E-state index >= 15 is 0 Å². The van der Waals surface area contributed by atoms with Crippen LogP contribution in [0.1, 0.15) is 43.6 Å². The maximum absolute atomic E-state index is 12.7. The molecule has 12 nitrogen and oxygen atoms in total. The summed E-state index contributed by atoms with van der Waals surface area (Å²) in [5, 5.41) is 17.6. The van der Waals surface area contributed by atoms with E-state index in [1.165, 1.54) is 49.7 Å². The maximum Gasteiger partial charge on any atom is 0.343 e. The first-order valence-corrected chi connectivity index (χ1v) is 12.9. The Bertz CT molecular complexity index is 1690. The Morgan fingerprint density at radius 3 is 2.28 bits per heavy atom. The van der Waals surface area contributed by atoms with Gasteiger partial charge in [-0.1, -0.05) is 12.1 Å². The Kier molecular flexibility index (Phi) is 9.77. The lowest BCUT2D eigenvalue weighted by Gasteiger charge is -2.11. The van der Waals surface area contributed by atoms with Gasteiger partial charge in [-0.3, -0.25) is 19.7 Å². The average molecular weight is 583 g/mol. The Morgan fingerprint density at radius 1 is 0.860 bits per heavy atom. The van der Waals surface area contributed by atoms with Gasteiger partial charge in [-0.05, 0) is 79.2 Å². The summed E-state index contributed by atoms with van der Waals surface area (Å²) in [5.74, 6) is -0.642. The summed E-state index contributed by atoms with van der Waals surface area (Å²) in [6.45, 7) is 2.04.